The summed E-state index contributed by atoms with van der Waals surface area (Å²) in [6, 6.07) is 0. The van der Waals surface area contributed by atoms with Gasteiger partial charge in [0.1, 0.15) is 13.2 Å². The Balaban J connectivity index is 1.85. The molecule has 0 aliphatic carbocycles. The highest BCUT2D eigenvalue weighted by molar-refractivity contribution is 4.97. The first kappa shape index (κ1) is 15.0. The topological polar surface area (TPSA) is 134 Å². The summed E-state index contributed by atoms with van der Waals surface area (Å²) in [4.78, 5) is 0. The smallest absolute Gasteiger partial charge is 0.249 e. The molecule has 0 aromatic heterocycles. The maximum Gasteiger partial charge on any atom is 0.249 e. The molecular weight excluding hydrogens is 264 g/mol. The average molecular weight is 282 g/mol. The van der Waals surface area contributed by atoms with Crippen molar-refractivity contribution >= 4 is 0 Å². The van der Waals surface area contributed by atoms with Crippen molar-refractivity contribution in [3.05, 3.63) is 0 Å². The normalized spacial score (nSPS) is 40.4. The van der Waals surface area contributed by atoms with Gasteiger partial charge < -0.3 is 44.1 Å². The zero-order valence-electron chi connectivity index (χ0n) is 10.2. The predicted molar refractivity (Wildman–Crippen MR) is 56.5 cm³/mol. The van der Waals surface area contributed by atoms with Crippen LogP contribution in [-0.2, 0) is 23.7 Å². The SMILES string of the molecule is OCCOC1OC1(CO)OC1(CO)OC1OCCO. The van der Waals surface area contributed by atoms with E-state index < -0.39 is 37.4 Å². The van der Waals surface area contributed by atoms with Crippen LogP contribution in [-0.4, -0.2) is 84.2 Å². The van der Waals surface area contributed by atoms with E-state index in [1.807, 2.05) is 0 Å². The number of ether oxygens (including phenoxy) is 5. The molecule has 0 saturated carbocycles. The minimum Gasteiger partial charge on any atom is -0.394 e. The Kier molecular flexibility index (Phi) is 4.71. The van der Waals surface area contributed by atoms with Crippen molar-refractivity contribution < 1.29 is 44.1 Å². The summed E-state index contributed by atoms with van der Waals surface area (Å²) in [5.74, 6) is -2.84. The molecule has 0 radical (unpaired) electrons. The molecule has 2 aliphatic heterocycles. The quantitative estimate of drug-likeness (QED) is 0.311. The van der Waals surface area contributed by atoms with Crippen LogP contribution in [0.1, 0.15) is 0 Å². The van der Waals surface area contributed by atoms with Crippen molar-refractivity contribution in [3.63, 3.8) is 0 Å². The third-order valence-corrected chi connectivity index (χ3v) is 2.72. The van der Waals surface area contributed by atoms with E-state index in [1.54, 1.807) is 0 Å². The molecule has 4 atom stereocenters. The van der Waals surface area contributed by atoms with Crippen LogP contribution in [0.15, 0.2) is 0 Å². The molecule has 19 heavy (non-hydrogen) atoms. The van der Waals surface area contributed by atoms with E-state index >= 15 is 0 Å². The molecule has 2 aliphatic rings. The average Bonchev–Trinajstić information content (AvgIpc) is 3.31. The molecule has 4 unspecified atom stereocenters. The summed E-state index contributed by atoms with van der Waals surface area (Å²) < 4.78 is 25.7. The fourth-order valence-corrected chi connectivity index (χ4v) is 1.66. The van der Waals surface area contributed by atoms with Crippen molar-refractivity contribution in [3.8, 4) is 0 Å². The lowest BCUT2D eigenvalue weighted by Gasteiger charge is -2.16. The van der Waals surface area contributed by atoms with Gasteiger partial charge in [-0.15, -0.1) is 0 Å². The van der Waals surface area contributed by atoms with Gasteiger partial charge in [-0.1, -0.05) is 0 Å². The van der Waals surface area contributed by atoms with Gasteiger partial charge in [0, 0.05) is 0 Å². The van der Waals surface area contributed by atoms with Gasteiger partial charge in [0.25, 0.3) is 0 Å². The van der Waals surface area contributed by atoms with Crippen LogP contribution in [0.2, 0.25) is 0 Å². The number of epoxide rings is 2. The molecule has 2 saturated heterocycles. The molecule has 2 heterocycles. The first-order valence-electron chi connectivity index (χ1n) is 5.89. The highest BCUT2D eigenvalue weighted by Gasteiger charge is 2.71. The minimum atomic E-state index is -1.42. The van der Waals surface area contributed by atoms with Crippen molar-refractivity contribution in [2.24, 2.45) is 0 Å². The summed E-state index contributed by atoms with van der Waals surface area (Å²) >= 11 is 0. The highest BCUT2D eigenvalue weighted by Crippen LogP contribution is 2.48. The van der Waals surface area contributed by atoms with Crippen LogP contribution in [0, 0.1) is 0 Å². The molecule has 0 spiro atoms. The van der Waals surface area contributed by atoms with Crippen LogP contribution in [0.5, 0.6) is 0 Å². The van der Waals surface area contributed by atoms with E-state index in [4.69, 9.17) is 33.9 Å². The third-order valence-electron chi connectivity index (χ3n) is 2.72. The molecule has 4 N–H and O–H groups in total. The molecule has 9 nitrogen and oxygen atoms in total. The lowest BCUT2D eigenvalue weighted by atomic mass is 10.3. The van der Waals surface area contributed by atoms with E-state index in [-0.39, 0.29) is 26.4 Å². The minimum absolute atomic E-state index is 0.0349. The maximum absolute atomic E-state index is 9.26. The van der Waals surface area contributed by atoms with Crippen LogP contribution in [0.4, 0.5) is 0 Å². The summed E-state index contributed by atoms with van der Waals surface area (Å²) in [5, 5.41) is 35.8. The monoisotopic (exact) mass is 282 g/mol. The molecule has 2 fully saturated rings. The van der Waals surface area contributed by atoms with Crippen LogP contribution < -0.4 is 0 Å². The lowest BCUT2D eigenvalue weighted by molar-refractivity contribution is -0.186. The summed E-state index contributed by atoms with van der Waals surface area (Å²) in [6.45, 7) is -1.31. The zero-order chi connectivity index (χ0) is 13.9. The van der Waals surface area contributed by atoms with Gasteiger partial charge in [-0.05, 0) is 0 Å². The second-order valence-electron chi connectivity index (χ2n) is 4.13. The molecule has 2 rings (SSSR count). The summed E-state index contributed by atoms with van der Waals surface area (Å²) in [6.07, 6.45) is -1.67. The van der Waals surface area contributed by atoms with Crippen LogP contribution in [0.25, 0.3) is 0 Å². The maximum atomic E-state index is 9.26. The Morgan fingerprint density at radius 3 is 1.53 bits per heavy atom. The highest BCUT2D eigenvalue weighted by atomic mass is 17.0. The van der Waals surface area contributed by atoms with Gasteiger partial charge in [0.2, 0.25) is 24.2 Å². The molecular formula is C10H18O9. The van der Waals surface area contributed by atoms with Crippen molar-refractivity contribution in [2.75, 3.05) is 39.6 Å². The van der Waals surface area contributed by atoms with Crippen LogP contribution >= 0.6 is 0 Å². The van der Waals surface area contributed by atoms with E-state index in [1.165, 1.54) is 0 Å². The fraction of sp³-hybridized carbons (Fsp3) is 1.00. The number of aliphatic hydroxyl groups is 4. The van der Waals surface area contributed by atoms with Crippen molar-refractivity contribution in [1.82, 2.24) is 0 Å². The molecule has 0 amide bonds. The molecule has 0 bridgehead atoms. The van der Waals surface area contributed by atoms with Crippen molar-refractivity contribution in [1.29, 1.82) is 0 Å². The molecule has 9 heteroatoms. The second kappa shape index (κ2) is 5.95. The summed E-state index contributed by atoms with van der Waals surface area (Å²) in [7, 11) is 0. The van der Waals surface area contributed by atoms with Crippen LogP contribution in [0.3, 0.4) is 0 Å². The number of hydrogen-bond donors (Lipinski definition) is 4. The van der Waals surface area contributed by atoms with Gasteiger partial charge in [-0.25, -0.2) is 0 Å². The van der Waals surface area contributed by atoms with Gasteiger partial charge in [0.05, 0.1) is 26.4 Å². The van der Waals surface area contributed by atoms with E-state index in [0.717, 1.165) is 0 Å². The second-order valence-corrected chi connectivity index (χ2v) is 4.13. The first-order valence-corrected chi connectivity index (χ1v) is 5.89. The molecule has 0 aromatic carbocycles. The Labute approximate surface area is 109 Å². The number of aliphatic hydroxyl groups excluding tert-OH is 4. The predicted octanol–water partition coefficient (Wildman–Crippen LogP) is -2.89. The molecule has 0 aromatic rings. The van der Waals surface area contributed by atoms with E-state index in [0.29, 0.717) is 0 Å². The van der Waals surface area contributed by atoms with Gasteiger partial charge in [-0.2, -0.15) is 0 Å². The number of hydrogen-bond acceptors (Lipinski definition) is 9. The Bertz CT molecular complexity index is 273. The largest absolute Gasteiger partial charge is 0.394 e. The summed E-state index contributed by atoms with van der Waals surface area (Å²) in [5.41, 5.74) is 0. The van der Waals surface area contributed by atoms with Gasteiger partial charge >= 0.3 is 0 Å². The Hall–Kier alpha value is -0.360. The molecule has 112 valence electrons. The van der Waals surface area contributed by atoms with E-state index in [9.17, 15) is 10.2 Å². The van der Waals surface area contributed by atoms with Crippen molar-refractivity contribution in [2.45, 2.75) is 24.2 Å². The van der Waals surface area contributed by atoms with Gasteiger partial charge in [0.15, 0.2) is 0 Å². The Morgan fingerprint density at radius 1 is 0.789 bits per heavy atom. The van der Waals surface area contributed by atoms with Gasteiger partial charge in [-0.3, -0.25) is 0 Å². The third kappa shape index (κ3) is 3.05. The first-order chi connectivity index (χ1) is 9.16. The van der Waals surface area contributed by atoms with E-state index in [2.05, 4.69) is 0 Å². The zero-order valence-corrected chi connectivity index (χ0v) is 10.2. The Morgan fingerprint density at radius 2 is 1.21 bits per heavy atom. The fourth-order valence-electron chi connectivity index (χ4n) is 1.66. The lowest BCUT2D eigenvalue weighted by Crippen LogP contribution is -2.38. The number of rotatable bonds is 10. The standard InChI is InChI=1S/C10H18O9/c11-1-3-15-7-9(5-13,17-7)19-10(6-14)8(18-10)16-4-2-12/h7-8,11-14H,1-6H2.